The molecule has 0 aliphatic heterocycles. The zero-order valence-corrected chi connectivity index (χ0v) is 8.27. The molecule has 0 aromatic heterocycles. The summed E-state index contributed by atoms with van der Waals surface area (Å²) in [6.07, 6.45) is 0. The van der Waals surface area contributed by atoms with E-state index >= 15 is 0 Å². The van der Waals surface area contributed by atoms with Gasteiger partial charge in [-0.15, -0.1) is 0 Å². The quantitative estimate of drug-likeness (QED) is 0.615. The largest absolute Gasteiger partial charge is 0.399 e. The highest BCUT2D eigenvalue weighted by molar-refractivity contribution is 5.87. The van der Waals surface area contributed by atoms with Crippen LogP contribution in [0.15, 0.2) is 42.5 Å². The van der Waals surface area contributed by atoms with Gasteiger partial charge in [0.15, 0.2) is 0 Å². The third kappa shape index (κ3) is 1.72. The summed E-state index contributed by atoms with van der Waals surface area (Å²) in [5.74, 6) is 0. The van der Waals surface area contributed by atoms with Crippen LogP contribution in [0.25, 0.3) is 11.1 Å². The summed E-state index contributed by atoms with van der Waals surface area (Å²) in [7, 11) is 0. The van der Waals surface area contributed by atoms with Crippen LogP contribution in [0.4, 0.5) is 17.1 Å². The topological polar surface area (TPSA) is 78.1 Å². The molecule has 2 aromatic rings. The molecule has 0 radical (unpaired) electrons. The first-order chi connectivity index (χ1) is 7.18. The Balaban J connectivity index is 2.63. The molecule has 0 aliphatic carbocycles. The van der Waals surface area contributed by atoms with Crippen LogP contribution in [-0.2, 0) is 0 Å². The molecular weight excluding hydrogens is 186 g/mol. The van der Waals surface area contributed by atoms with E-state index in [1.807, 2.05) is 36.4 Å². The van der Waals surface area contributed by atoms with Crippen molar-refractivity contribution in [2.75, 3.05) is 17.2 Å². The lowest BCUT2D eigenvalue weighted by molar-refractivity contribution is 1.60. The second kappa shape index (κ2) is 3.53. The van der Waals surface area contributed by atoms with Crippen molar-refractivity contribution in [3.05, 3.63) is 42.5 Å². The van der Waals surface area contributed by atoms with Crippen molar-refractivity contribution in [1.29, 1.82) is 0 Å². The highest BCUT2D eigenvalue weighted by atomic mass is 14.7. The molecule has 0 aliphatic rings. The maximum atomic E-state index is 5.90. The smallest absolute Gasteiger partial charge is 0.0628 e. The van der Waals surface area contributed by atoms with Crippen molar-refractivity contribution >= 4 is 17.1 Å². The van der Waals surface area contributed by atoms with Crippen LogP contribution >= 0.6 is 0 Å². The molecule has 15 heavy (non-hydrogen) atoms. The fraction of sp³-hybridized carbons (Fsp3) is 0. The number of benzene rings is 2. The minimum Gasteiger partial charge on any atom is -0.399 e. The van der Waals surface area contributed by atoms with Crippen LogP contribution in [0.1, 0.15) is 0 Å². The van der Waals surface area contributed by atoms with Crippen LogP contribution in [0.5, 0.6) is 0 Å². The highest BCUT2D eigenvalue weighted by Gasteiger charge is 2.06. The molecule has 2 rings (SSSR count). The Morgan fingerprint density at radius 3 is 2.13 bits per heavy atom. The summed E-state index contributed by atoms with van der Waals surface area (Å²) < 4.78 is 0. The normalized spacial score (nSPS) is 10.1. The van der Waals surface area contributed by atoms with Crippen molar-refractivity contribution < 1.29 is 0 Å². The van der Waals surface area contributed by atoms with Crippen molar-refractivity contribution in [2.24, 2.45) is 0 Å². The van der Waals surface area contributed by atoms with Crippen molar-refractivity contribution in [3.8, 4) is 11.1 Å². The summed E-state index contributed by atoms with van der Waals surface area (Å²) >= 11 is 0. The Kier molecular flexibility index (Phi) is 2.21. The minimum absolute atomic E-state index is 0.522. The average Bonchev–Trinajstić information content (AvgIpc) is 2.24. The van der Waals surface area contributed by atoms with Gasteiger partial charge in [0, 0.05) is 11.3 Å². The van der Waals surface area contributed by atoms with Crippen LogP contribution in [0.3, 0.4) is 0 Å². The van der Waals surface area contributed by atoms with Gasteiger partial charge in [-0.1, -0.05) is 30.3 Å². The zero-order chi connectivity index (χ0) is 10.8. The number of anilines is 3. The molecule has 0 fully saturated rings. The van der Waals surface area contributed by atoms with E-state index in [1.165, 1.54) is 0 Å². The first-order valence-corrected chi connectivity index (χ1v) is 4.68. The SMILES string of the molecule is Nc1cc(N)c(N)c(-c2ccccc2)c1. The van der Waals surface area contributed by atoms with E-state index in [-0.39, 0.29) is 0 Å². The van der Waals surface area contributed by atoms with E-state index < -0.39 is 0 Å². The first kappa shape index (κ1) is 9.40. The van der Waals surface area contributed by atoms with E-state index in [0.717, 1.165) is 11.1 Å². The predicted octanol–water partition coefficient (Wildman–Crippen LogP) is 2.10. The summed E-state index contributed by atoms with van der Waals surface area (Å²) in [5, 5.41) is 0. The third-order valence-electron chi connectivity index (χ3n) is 2.32. The summed E-state index contributed by atoms with van der Waals surface area (Å²) in [6, 6.07) is 13.3. The van der Waals surface area contributed by atoms with E-state index in [1.54, 1.807) is 6.07 Å². The van der Waals surface area contributed by atoms with E-state index in [2.05, 4.69) is 0 Å². The maximum absolute atomic E-state index is 5.90. The molecule has 76 valence electrons. The number of nitrogens with two attached hydrogens (primary N) is 3. The Morgan fingerprint density at radius 1 is 0.800 bits per heavy atom. The molecule has 6 N–H and O–H groups in total. The molecule has 0 heterocycles. The molecule has 0 atom stereocenters. The van der Waals surface area contributed by atoms with Gasteiger partial charge in [0.05, 0.1) is 11.4 Å². The fourth-order valence-electron chi connectivity index (χ4n) is 1.56. The standard InChI is InChI=1S/C12H13N3/c13-9-6-10(12(15)11(14)7-9)8-4-2-1-3-5-8/h1-7H,13-15H2. The lowest BCUT2D eigenvalue weighted by Gasteiger charge is -2.09. The first-order valence-electron chi connectivity index (χ1n) is 4.68. The molecule has 2 aromatic carbocycles. The van der Waals surface area contributed by atoms with Gasteiger partial charge in [0.2, 0.25) is 0 Å². The Morgan fingerprint density at radius 2 is 1.47 bits per heavy atom. The van der Waals surface area contributed by atoms with Crippen molar-refractivity contribution in [1.82, 2.24) is 0 Å². The van der Waals surface area contributed by atoms with Crippen molar-refractivity contribution in [3.63, 3.8) is 0 Å². The second-order valence-electron chi connectivity index (χ2n) is 3.44. The molecule has 0 unspecified atom stereocenters. The lowest BCUT2D eigenvalue weighted by atomic mass is 10.0. The number of hydrogen-bond donors (Lipinski definition) is 3. The minimum atomic E-state index is 0.522. The number of hydrogen-bond acceptors (Lipinski definition) is 3. The molecule has 0 amide bonds. The molecule has 3 nitrogen and oxygen atoms in total. The third-order valence-corrected chi connectivity index (χ3v) is 2.32. The van der Waals surface area contributed by atoms with Crippen molar-refractivity contribution in [2.45, 2.75) is 0 Å². The van der Waals surface area contributed by atoms with E-state index in [0.29, 0.717) is 17.1 Å². The molecular formula is C12H13N3. The molecule has 0 saturated heterocycles. The Hall–Kier alpha value is -2.16. The van der Waals surface area contributed by atoms with E-state index in [9.17, 15) is 0 Å². The number of nitrogen functional groups attached to an aromatic ring is 3. The monoisotopic (exact) mass is 199 g/mol. The Labute approximate surface area is 88.5 Å². The van der Waals surface area contributed by atoms with Gasteiger partial charge in [-0.2, -0.15) is 0 Å². The second-order valence-corrected chi connectivity index (χ2v) is 3.44. The van der Waals surface area contributed by atoms with Gasteiger partial charge in [-0.3, -0.25) is 0 Å². The average molecular weight is 199 g/mol. The lowest BCUT2D eigenvalue weighted by Crippen LogP contribution is -1.99. The Bertz CT molecular complexity index is 478. The molecule has 3 heteroatoms. The van der Waals surface area contributed by atoms with Crippen LogP contribution < -0.4 is 17.2 Å². The molecule has 0 saturated carbocycles. The summed E-state index contributed by atoms with van der Waals surface area (Å²) in [6.45, 7) is 0. The van der Waals surface area contributed by atoms with Gasteiger partial charge in [-0.05, 0) is 17.7 Å². The van der Waals surface area contributed by atoms with Gasteiger partial charge in [0.25, 0.3) is 0 Å². The molecule has 0 bridgehead atoms. The van der Waals surface area contributed by atoms with Gasteiger partial charge in [0.1, 0.15) is 0 Å². The fourth-order valence-corrected chi connectivity index (χ4v) is 1.56. The van der Waals surface area contributed by atoms with E-state index in [4.69, 9.17) is 17.2 Å². The van der Waals surface area contributed by atoms with Crippen LogP contribution in [0, 0.1) is 0 Å². The zero-order valence-electron chi connectivity index (χ0n) is 8.27. The summed E-state index contributed by atoms with van der Waals surface area (Å²) in [4.78, 5) is 0. The van der Waals surface area contributed by atoms with Gasteiger partial charge < -0.3 is 17.2 Å². The van der Waals surface area contributed by atoms with Gasteiger partial charge in [-0.25, -0.2) is 0 Å². The molecule has 0 spiro atoms. The number of rotatable bonds is 1. The summed E-state index contributed by atoms with van der Waals surface area (Å²) in [5.41, 5.74) is 21.0. The van der Waals surface area contributed by atoms with Crippen LogP contribution in [-0.4, -0.2) is 0 Å². The van der Waals surface area contributed by atoms with Crippen LogP contribution in [0.2, 0.25) is 0 Å². The maximum Gasteiger partial charge on any atom is 0.0628 e. The predicted molar refractivity (Wildman–Crippen MR) is 65.1 cm³/mol. The van der Waals surface area contributed by atoms with Gasteiger partial charge >= 0.3 is 0 Å². The highest BCUT2D eigenvalue weighted by Crippen LogP contribution is 2.32.